The quantitative estimate of drug-likeness (QED) is 0.774. The van der Waals surface area contributed by atoms with E-state index in [2.05, 4.69) is 19.1 Å². The van der Waals surface area contributed by atoms with Crippen LogP contribution in [0.1, 0.15) is 47.1 Å². The summed E-state index contributed by atoms with van der Waals surface area (Å²) in [5, 5.41) is 0. The molecule has 29 heavy (non-hydrogen) atoms. The van der Waals surface area contributed by atoms with E-state index in [-0.39, 0.29) is 10.8 Å². The molecule has 2 aliphatic rings. The number of carbonyl (C=O) groups is 1. The highest BCUT2D eigenvalue weighted by atomic mass is 32.2. The minimum atomic E-state index is -3.59. The molecule has 3 heterocycles. The summed E-state index contributed by atoms with van der Waals surface area (Å²) in [5.41, 5.74) is 3.49. The van der Waals surface area contributed by atoms with Crippen molar-refractivity contribution in [2.45, 2.75) is 44.6 Å². The van der Waals surface area contributed by atoms with Crippen molar-refractivity contribution in [2.24, 2.45) is 13.0 Å². The van der Waals surface area contributed by atoms with Crippen LogP contribution < -0.4 is 0 Å². The molecular weight excluding hydrogens is 386 g/mol. The first-order valence-electron chi connectivity index (χ1n) is 10.3. The zero-order valence-electron chi connectivity index (χ0n) is 17.4. The number of hydrogen-bond donors (Lipinski definition) is 0. The van der Waals surface area contributed by atoms with Gasteiger partial charge in [0, 0.05) is 38.9 Å². The molecule has 0 spiro atoms. The molecule has 156 valence electrons. The van der Waals surface area contributed by atoms with Gasteiger partial charge in [0.25, 0.3) is 5.91 Å². The Bertz CT molecular complexity index is 1030. The lowest BCUT2D eigenvalue weighted by atomic mass is 10.00. The lowest BCUT2D eigenvalue weighted by Crippen LogP contribution is -2.38. The second kappa shape index (κ2) is 7.61. The molecule has 2 aliphatic heterocycles. The highest BCUT2D eigenvalue weighted by Crippen LogP contribution is 2.28. The van der Waals surface area contributed by atoms with E-state index in [1.54, 1.807) is 28.9 Å². The summed E-state index contributed by atoms with van der Waals surface area (Å²) < 4.78 is 29.8. The fourth-order valence-electron chi connectivity index (χ4n) is 4.33. The second-order valence-electron chi connectivity index (χ2n) is 8.37. The maximum absolute atomic E-state index is 13.2. The third kappa shape index (κ3) is 3.62. The third-order valence-electron chi connectivity index (χ3n) is 6.49. The first-order chi connectivity index (χ1) is 13.8. The van der Waals surface area contributed by atoms with Gasteiger partial charge in [0.15, 0.2) is 0 Å². The van der Waals surface area contributed by atoms with Gasteiger partial charge < -0.3 is 9.47 Å². The number of hydrogen-bond acceptors (Lipinski definition) is 3. The van der Waals surface area contributed by atoms with Crippen molar-refractivity contribution < 1.29 is 13.2 Å². The molecule has 7 heteroatoms. The normalized spacial score (nSPS) is 18.7. The van der Waals surface area contributed by atoms with Gasteiger partial charge in [-0.1, -0.05) is 31.2 Å². The van der Waals surface area contributed by atoms with Crippen molar-refractivity contribution in [1.29, 1.82) is 0 Å². The Kier molecular flexibility index (Phi) is 5.29. The van der Waals surface area contributed by atoms with Gasteiger partial charge in [-0.05, 0) is 49.3 Å². The first-order valence-corrected chi connectivity index (χ1v) is 11.8. The van der Waals surface area contributed by atoms with Gasteiger partial charge in [-0.3, -0.25) is 4.79 Å². The van der Waals surface area contributed by atoms with Crippen LogP contribution in [-0.4, -0.2) is 47.7 Å². The van der Waals surface area contributed by atoms with E-state index < -0.39 is 10.0 Å². The van der Waals surface area contributed by atoms with Crippen LogP contribution in [0.25, 0.3) is 0 Å². The molecule has 1 saturated heterocycles. The van der Waals surface area contributed by atoms with Gasteiger partial charge in [-0.25, -0.2) is 8.42 Å². The van der Waals surface area contributed by atoms with Gasteiger partial charge in [0.05, 0.1) is 0 Å². The summed E-state index contributed by atoms with van der Waals surface area (Å²) in [7, 11) is -1.81. The molecule has 6 nitrogen and oxygen atoms in total. The van der Waals surface area contributed by atoms with Crippen LogP contribution in [0, 0.1) is 12.8 Å². The zero-order valence-corrected chi connectivity index (χ0v) is 18.2. The average Bonchev–Trinajstić information content (AvgIpc) is 3.03. The Balaban J connectivity index is 1.61. The first kappa shape index (κ1) is 20.2. The van der Waals surface area contributed by atoms with E-state index in [0.29, 0.717) is 43.5 Å². The Morgan fingerprint density at radius 1 is 1.07 bits per heavy atom. The molecule has 1 amide bonds. The van der Waals surface area contributed by atoms with Crippen LogP contribution >= 0.6 is 0 Å². The van der Waals surface area contributed by atoms with Crippen LogP contribution in [0.3, 0.4) is 0 Å². The predicted octanol–water partition coefficient (Wildman–Crippen LogP) is 2.95. The summed E-state index contributed by atoms with van der Waals surface area (Å²) in [6.45, 7) is 6.23. The molecule has 0 atom stereocenters. The van der Waals surface area contributed by atoms with Crippen LogP contribution in [0.2, 0.25) is 0 Å². The fraction of sp³-hybridized carbons (Fsp3) is 0.500. The number of piperidine rings is 1. The monoisotopic (exact) mass is 415 g/mol. The highest BCUT2D eigenvalue weighted by Gasteiger charge is 2.33. The van der Waals surface area contributed by atoms with Crippen molar-refractivity contribution in [2.75, 3.05) is 19.6 Å². The Morgan fingerprint density at radius 3 is 2.41 bits per heavy atom. The molecule has 0 bridgehead atoms. The van der Waals surface area contributed by atoms with Crippen molar-refractivity contribution in [3.63, 3.8) is 0 Å². The minimum Gasteiger partial charge on any atom is -0.343 e. The molecular formula is C22H29N3O3S. The van der Waals surface area contributed by atoms with Gasteiger partial charge >= 0.3 is 0 Å². The lowest BCUT2D eigenvalue weighted by molar-refractivity contribution is 0.0724. The molecule has 0 radical (unpaired) electrons. The van der Waals surface area contributed by atoms with Crippen molar-refractivity contribution in [3.05, 3.63) is 52.8 Å². The largest absolute Gasteiger partial charge is 0.343 e. The van der Waals surface area contributed by atoms with Crippen LogP contribution in [0.4, 0.5) is 0 Å². The van der Waals surface area contributed by atoms with E-state index in [0.717, 1.165) is 24.8 Å². The van der Waals surface area contributed by atoms with E-state index in [1.165, 1.54) is 5.56 Å². The molecule has 4 rings (SSSR count). The molecule has 0 aliphatic carbocycles. The second-order valence-corrected chi connectivity index (χ2v) is 10.3. The van der Waals surface area contributed by atoms with Crippen LogP contribution in [0.5, 0.6) is 0 Å². The summed E-state index contributed by atoms with van der Waals surface area (Å²) >= 11 is 0. The maximum atomic E-state index is 13.2. The molecule has 2 aromatic rings. The Labute approximate surface area is 173 Å². The summed E-state index contributed by atoms with van der Waals surface area (Å²) in [4.78, 5) is 15.3. The number of sulfonamides is 1. The van der Waals surface area contributed by atoms with Crippen molar-refractivity contribution in [3.8, 4) is 0 Å². The number of rotatable bonds is 3. The topological polar surface area (TPSA) is 62.6 Å². The third-order valence-corrected chi connectivity index (χ3v) is 8.50. The van der Waals surface area contributed by atoms with Crippen LogP contribution in [-0.2, 0) is 30.0 Å². The summed E-state index contributed by atoms with van der Waals surface area (Å²) in [5.74, 6) is 0.441. The fourth-order valence-corrected chi connectivity index (χ4v) is 6.07. The smallest absolute Gasteiger partial charge is 0.270 e. The molecule has 0 N–H and O–H groups in total. The zero-order chi connectivity index (χ0) is 20.8. The van der Waals surface area contributed by atoms with Gasteiger partial charge in [-0.15, -0.1) is 0 Å². The van der Waals surface area contributed by atoms with Gasteiger partial charge in [0.1, 0.15) is 10.6 Å². The van der Waals surface area contributed by atoms with Crippen molar-refractivity contribution >= 4 is 15.9 Å². The van der Waals surface area contributed by atoms with Crippen molar-refractivity contribution in [1.82, 2.24) is 13.8 Å². The molecule has 0 saturated carbocycles. The number of amides is 1. The molecule has 1 aromatic carbocycles. The van der Waals surface area contributed by atoms with E-state index in [1.807, 2.05) is 17.0 Å². The van der Waals surface area contributed by atoms with Gasteiger partial charge in [-0.2, -0.15) is 4.31 Å². The average molecular weight is 416 g/mol. The molecule has 1 aromatic heterocycles. The van der Waals surface area contributed by atoms with E-state index in [4.69, 9.17) is 0 Å². The van der Waals surface area contributed by atoms with E-state index in [9.17, 15) is 13.2 Å². The maximum Gasteiger partial charge on any atom is 0.270 e. The Morgan fingerprint density at radius 2 is 1.72 bits per heavy atom. The van der Waals surface area contributed by atoms with Gasteiger partial charge in [0.2, 0.25) is 10.0 Å². The number of benzene rings is 1. The lowest BCUT2D eigenvalue weighted by Gasteiger charge is -2.29. The highest BCUT2D eigenvalue weighted by molar-refractivity contribution is 7.89. The number of fused-ring (bicyclic) bond motifs is 1. The molecule has 1 fully saturated rings. The minimum absolute atomic E-state index is 0.112. The van der Waals surface area contributed by atoms with E-state index >= 15 is 0 Å². The SMILES string of the molecule is Cc1c(S(=O)(=O)N2CCC(C)CC2)cc(C(=O)N2CCc3ccccc3C2)n1C. The Hall–Kier alpha value is -2.12. The summed E-state index contributed by atoms with van der Waals surface area (Å²) in [6.07, 6.45) is 2.58. The summed E-state index contributed by atoms with van der Waals surface area (Å²) in [6, 6.07) is 9.75. The van der Waals surface area contributed by atoms with Crippen LogP contribution in [0.15, 0.2) is 35.2 Å². The predicted molar refractivity (Wildman–Crippen MR) is 112 cm³/mol. The number of nitrogens with zero attached hydrogens (tertiary/aromatic N) is 3. The standard InChI is InChI=1S/C22H29N3O3S/c1-16-8-12-25(13-9-16)29(27,28)21-14-20(23(3)17(21)2)22(26)24-11-10-18-6-4-5-7-19(18)15-24/h4-7,14,16H,8-13,15H2,1-3H3. The molecule has 0 unspecified atom stereocenters. The number of carbonyl (C=O) groups excluding carboxylic acids is 1. The number of aromatic nitrogens is 1.